The molecule has 0 unspecified atom stereocenters. The van der Waals surface area contributed by atoms with Crippen molar-refractivity contribution in [3.8, 4) is 5.75 Å². The minimum Gasteiger partial charge on any atom is -0.489 e. The zero-order chi connectivity index (χ0) is 22.1. The van der Waals surface area contributed by atoms with Gasteiger partial charge in [0.15, 0.2) is 9.84 Å². The Morgan fingerprint density at radius 1 is 1.13 bits per heavy atom. The molecule has 0 atom stereocenters. The number of hydrogen-bond donors (Lipinski definition) is 2. The van der Waals surface area contributed by atoms with Crippen LogP contribution in [0.3, 0.4) is 0 Å². The molecule has 170 valence electrons. The largest absolute Gasteiger partial charge is 0.489 e. The molecule has 0 aliphatic heterocycles. The van der Waals surface area contributed by atoms with Crippen LogP contribution in [0.4, 0.5) is 0 Å². The molecule has 2 bridgehead atoms. The van der Waals surface area contributed by atoms with Crippen molar-refractivity contribution in [1.82, 2.24) is 5.32 Å². The standard InChI is InChI=1S/C24H34N2O4S/c1-2-18(15-25)16-30-20-5-7-21(8-6-20)31(28,29)17-23-9-12-24(13-10-23,14-11-23)26-22(27)19-3-4-19/h2,5-8,19H,3-4,9-17,25H2,1H3,(H,26,27)/b18-2+. The summed E-state index contributed by atoms with van der Waals surface area (Å²) in [6.45, 7) is 2.76. The van der Waals surface area contributed by atoms with Gasteiger partial charge in [-0.2, -0.15) is 0 Å². The second-order valence-corrected chi connectivity index (χ2v) is 11.7. The molecule has 0 heterocycles. The average molecular weight is 447 g/mol. The molecule has 0 saturated heterocycles. The number of benzene rings is 1. The lowest BCUT2D eigenvalue weighted by Crippen LogP contribution is -2.58. The first-order chi connectivity index (χ1) is 14.8. The smallest absolute Gasteiger partial charge is 0.223 e. The van der Waals surface area contributed by atoms with Crippen LogP contribution in [0.1, 0.15) is 58.3 Å². The second kappa shape index (κ2) is 8.58. The monoisotopic (exact) mass is 446 g/mol. The van der Waals surface area contributed by atoms with Gasteiger partial charge < -0.3 is 15.8 Å². The van der Waals surface area contributed by atoms with Crippen molar-refractivity contribution in [3.05, 3.63) is 35.9 Å². The van der Waals surface area contributed by atoms with Crippen molar-refractivity contribution in [2.45, 2.75) is 68.7 Å². The van der Waals surface area contributed by atoms with Crippen LogP contribution in [0, 0.1) is 11.3 Å². The molecule has 3 N–H and O–H groups in total. The van der Waals surface area contributed by atoms with Crippen LogP contribution < -0.4 is 15.8 Å². The number of carbonyl (C=O) groups excluding carboxylic acids is 1. The first kappa shape index (κ1) is 22.3. The van der Waals surface area contributed by atoms with E-state index < -0.39 is 9.84 Å². The van der Waals surface area contributed by atoms with Crippen LogP contribution >= 0.6 is 0 Å². The third-order valence-corrected chi connectivity index (χ3v) is 9.49. The Labute approximate surface area is 185 Å². The van der Waals surface area contributed by atoms with Crippen LogP contribution in [0.25, 0.3) is 0 Å². The highest BCUT2D eigenvalue weighted by Gasteiger charge is 2.51. The number of hydrogen-bond acceptors (Lipinski definition) is 5. The van der Waals surface area contributed by atoms with Gasteiger partial charge in [-0.1, -0.05) is 6.08 Å². The Kier molecular flexibility index (Phi) is 6.19. The van der Waals surface area contributed by atoms with E-state index in [0.717, 1.165) is 56.9 Å². The van der Waals surface area contributed by atoms with Crippen LogP contribution in [0.15, 0.2) is 40.8 Å². The van der Waals surface area contributed by atoms with Gasteiger partial charge in [-0.05, 0) is 93.5 Å². The Bertz CT molecular complexity index is 924. The molecule has 31 heavy (non-hydrogen) atoms. The summed E-state index contributed by atoms with van der Waals surface area (Å²) in [5.74, 6) is 1.24. The highest BCUT2D eigenvalue weighted by molar-refractivity contribution is 7.91. The molecule has 7 heteroatoms. The van der Waals surface area contributed by atoms with Gasteiger partial charge in [0.25, 0.3) is 0 Å². The van der Waals surface area contributed by atoms with Gasteiger partial charge in [-0.15, -0.1) is 0 Å². The lowest BCUT2D eigenvalue weighted by Gasteiger charge is -2.53. The summed E-state index contributed by atoms with van der Waals surface area (Å²) in [7, 11) is -3.38. The lowest BCUT2D eigenvalue weighted by atomic mass is 9.58. The molecule has 4 aliphatic rings. The van der Waals surface area contributed by atoms with Crippen molar-refractivity contribution in [3.63, 3.8) is 0 Å². The summed E-state index contributed by atoms with van der Waals surface area (Å²) >= 11 is 0. The lowest BCUT2D eigenvalue weighted by molar-refractivity contribution is -0.126. The molecule has 1 amide bonds. The molecule has 1 aromatic carbocycles. The molecule has 0 aromatic heterocycles. The maximum atomic E-state index is 13.2. The van der Waals surface area contributed by atoms with Crippen molar-refractivity contribution in [1.29, 1.82) is 0 Å². The summed E-state index contributed by atoms with van der Waals surface area (Å²) in [5.41, 5.74) is 6.38. The number of nitrogens with two attached hydrogens (primary N) is 1. The molecule has 4 fully saturated rings. The summed E-state index contributed by atoms with van der Waals surface area (Å²) < 4.78 is 32.0. The summed E-state index contributed by atoms with van der Waals surface area (Å²) in [4.78, 5) is 12.6. The first-order valence-corrected chi connectivity index (χ1v) is 13.1. The fraction of sp³-hybridized carbons (Fsp3) is 0.625. The molecule has 0 radical (unpaired) electrons. The summed E-state index contributed by atoms with van der Waals surface area (Å²) in [6.07, 6.45) is 9.22. The third kappa shape index (κ3) is 4.98. The van der Waals surface area contributed by atoms with Crippen LogP contribution in [-0.4, -0.2) is 38.8 Å². The van der Waals surface area contributed by atoms with E-state index in [1.54, 1.807) is 24.3 Å². The number of nitrogens with one attached hydrogen (secondary N) is 1. The Morgan fingerprint density at radius 3 is 2.26 bits per heavy atom. The predicted octanol–water partition coefficient (Wildman–Crippen LogP) is 3.36. The van der Waals surface area contributed by atoms with Crippen LogP contribution in [-0.2, 0) is 14.6 Å². The normalized spacial score (nSPS) is 28.4. The zero-order valence-electron chi connectivity index (χ0n) is 18.4. The number of ether oxygens (including phenoxy) is 1. The minimum atomic E-state index is -3.38. The molecular weight excluding hydrogens is 412 g/mol. The van der Waals surface area contributed by atoms with Crippen LogP contribution in [0.2, 0.25) is 0 Å². The molecule has 4 aliphatic carbocycles. The number of sulfone groups is 1. The number of carbonyl (C=O) groups is 1. The van der Waals surface area contributed by atoms with E-state index in [9.17, 15) is 13.2 Å². The van der Waals surface area contributed by atoms with Gasteiger partial charge in [0.1, 0.15) is 12.4 Å². The quantitative estimate of drug-likeness (QED) is 0.567. The number of amides is 1. The number of fused-ring (bicyclic) bond motifs is 3. The molecule has 4 saturated carbocycles. The van der Waals surface area contributed by atoms with E-state index in [4.69, 9.17) is 10.5 Å². The topological polar surface area (TPSA) is 98.5 Å². The van der Waals surface area contributed by atoms with Crippen molar-refractivity contribution in [2.75, 3.05) is 18.9 Å². The number of rotatable bonds is 9. The van der Waals surface area contributed by atoms with E-state index in [1.807, 2.05) is 13.0 Å². The second-order valence-electron chi connectivity index (χ2n) is 9.71. The van der Waals surface area contributed by atoms with Gasteiger partial charge in [0, 0.05) is 18.0 Å². The minimum absolute atomic E-state index is 0.0977. The summed E-state index contributed by atoms with van der Waals surface area (Å²) in [6, 6.07) is 6.72. The maximum absolute atomic E-state index is 13.2. The zero-order valence-corrected chi connectivity index (χ0v) is 19.2. The van der Waals surface area contributed by atoms with Crippen molar-refractivity contribution >= 4 is 15.7 Å². The molecular formula is C24H34N2O4S. The Morgan fingerprint density at radius 2 is 1.74 bits per heavy atom. The Balaban J connectivity index is 1.36. The van der Waals surface area contributed by atoms with Crippen molar-refractivity contribution < 1.29 is 17.9 Å². The molecule has 0 spiro atoms. The maximum Gasteiger partial charge on any atom is 0.223 e. The number of allylic oxidation sites excluding steroid dienone is 1. The molecule has 5 rings (SSSR count). The Hall–Kier alpha value is -1.86. The average Bonchev–Trinajstić information content (AvgIpc) is 3.61. The molecule has 6 nitrogen and oxygen atoms in total. The van der Waals surface area contributed by atoms with Gasteiger partial charge in [0.05, 0.1) is 10.6 Å². The van der Waals surface area contributed by atoms with E-state index in [-0.39, 0.29) is 28.5 Å². The molecule has 1 aromatic rings. The van der Waals surface area contributed by atoms with E-state index in [2.05, 4.69) is 5.32 Å². The first-order valence-electron chi connectivity index (χ1n) is 11.4. The van der Waals surface area contributed by atoms with Crippen molar-refractivity contribution in [2.24, 2.45) is 17.1 Å². The highest BCUT2D eigenvalue weighted by atomic mass is 32.2. The highest BCUT2D eigenvalue weighted by Crippen LogP contribution is 2.53. The third-order valence-electron chi connectivity index (χ3n) is 7.51. The SMILES string of the molecule is C/C=C(\CN)COc1ccc(S(=O)(=O)CC23CCC(NC(=O)C4CC4)(CC2)CC3)cc1. The van der Waals surface area contributed by atoms with E-state index >= 15 is 0 Å². The van der Waals surface area contributed by atoms with E-state index in [1.165, 1.54) is 0 Å². The fourth-order valence-corrected chi connectivity index (χ4v) is 7.00. The predicted molar refractivity (Wildman–Crippen MR) is 121 cm³/mol. The van der Waals surface area contributed by atoms with Gasteiger partial charge in [0.2, 0.25) is 5.91 Å². The van der Waals surface area contributed by atoms with E-state index in [0.29, 0.717) is 23.8 Å². The van der Waals surface area contributed by atoms with Crippen LogP contribution in [0.5, 0.6) is 5.75 Å². The van der Waals surface area contributed by atoms with Gasteiger partial charge >= 0.3 is 0 Å². The fourth-order valence-electron chi connectivity index (χ4n) is 5.04. The van der Waals surface area contributed by atoms with Gasteiger partial charge in [-0.25, -0.2) is 8.42 Å². The van der Waals surface area contributed by atoms with Gasteiger partial charge in [-0.3, -0.25) is 4.79 Å². The summed E-state index contributed by atoms with van der Waals surface area (Å²) in [5, 5.41) is 3.31.